The van der Waals surface area contributed by atoms with Gasteiger partial charge in [0.25, 0.3) is 0 Å². The van der Waals surface area contributed by atoms with Crippen molar-refractivity contribution in [2.24, 2.45) is 5.92 Å². The molecule has 0 radical (unpaired) electrons. The van der Waals surface area contributed by atoms with Crippen LogP contribution in [0.25, 0.3) is 0 Å². The van der Waals surface area contributed by atoms with Crippen molar-refractivity contribution >= 4 is 17.6 Å². The highest BCUT2D eigenvalue weighted by atomic mass is 16.2. The molecule has 1 fully saturated rings. The first-order valence-corrected chi connectivity index (χ1v) is 8.32. The van der Waals surface area contributed by atoms with Crippen LogP contribution in [0.1, 0.15) is 32.6 Å². The van der Waals surface area contributed by atoms with Crippen molar-refractivity contribution < 1.29 is 9.59 Å². The largest absolute Gasteiger partial charge is 0.357 e. The molecule has 6 nitrogen and oxygen atoms in total. The molecule has 0 atom stereocenters. The summed E-state index contributed by atoms with van der Waals surface area (Å²) in [5.74, 6) is 1.65. The Hall–Kier alpha value is -2.11. The van der Waals surface area contributed by atoms with Crippen molar-refractivity contribution in [2.45, 2.75) is 32.6 Å². The maximum atomic E-state index is 11.8. The lowest BCUT2D eigenvalue weighted by Gasteiger charge is -2.32. The minimum absolute atomic E-state index is 0.0704. The van der Waals surface area contributed by atoms with E-state index in [0.717, 1.165) is 38.2 Å². The third kappa shape index (κ3) is 6.26. The molecule has 2 heterocycles. The predicted octanol–water partition coefficient (Wildman–Crippen LogP) is 1.33. The van der Waals surface area contributed by atoms with Gasteiger partial charge < -0.3 is 15.5 Å². The van der Waals surface area contributed by atoms with Gasteiger partial charge in [-0.05, 0) is 37.3 Å². The van der Waals surface area contributed by atoms with Gasteiger partial charge in [-0.15, -0.1) is 0 Å². The molecule has 0 aromatic carbocycles. The summed E-state index contributed by atoms with van der Waals surface area (Å²) >= 11 is 0. The SMILES string of the molecule is CC(=O)NCCNC(=O)CCC1CCN(c2ccccn2)CC1. The number of anilines is 1. The van der Waals surface area contributed by atoms with Gasteiger partial charge in [0.15, 0.2) is 0 Å². The molecule has 0 spiro atoms. The number of hydrogen-bond acceptors (Lipinski definition) is 4. The number of hydrogen-bond donors (Lipinski definition) is 2. The Bertz CT molecular complexity index is 499. The summed E-state index contributed by atoms with van der Waals surface area (Å²) in [7, 11) is 0. The fourth-order valence-electron chi connectivity index (χ4n) is 2.86. The first kappa shape index (κ1) is 17.2. The third-order valence-electron chi connectivity index (χ3n) is 4.19. The van der Waals surface area contributed by atoms with E-state index in [1.165, 1.54) is 6.92 Å². The molecular weight excluding hydrogens is 292 g/mol. The second-order valence-electron chi connectivity index (χ2n) is 5.99. The predicted molar refractivity (Wildman–Crippen MR) is 90.1 cm³/mol. The molecule has 126 valence electrons. The summed E-state index contributed by atoms with van der Waals surface area (Å²) in [4.78, 5) is 29.2. The number of pyridine rings is 1. The molecule has 6 heteroatoms. The lowest BCUT2D eigenvalue weighted by atomic mass is 9.92. The Morgan fingerprint density at radius 1 is 1.22 bits per heavy atom. The average molecular weight is 318 g/mol. The van der Waals surface area contributed by atoms with E-state index in [1.54, 1.807) is 0 Å². The van der Waals surface area contributed by atoms with E-state index in [1.807, 2.05) is 24.4 Å². The Kier molecular flexibility index (Phi) is 6.84. The molecule has 2 amide bonds. The molecule has 1 aliphatic heterocycles. The number of rotatable bonds is 7. The number of carbonyl (C=O) groups excluding carboxylic acids is 2. The fraction of sp³-hybridized carbons (Fsp3) is 0.588. The van der Waals surface area contributed by atoms with Crippen molar-refractivity contribution in [3.05, 3.63) is 24.4 Å². The van der Waals surface area contributed by atoms with Crippen molar-refractivity contribution in [1.29, 1.82) is 0 Å². The third-order valence-corrected chi connectivity index (χ3v) is 4.19. The second kappa shape index (κ2) is 9.12. The van der Waals surface area contributed by atoms with Gasteiger partial charge in [-0.2, -0.15) is 0 Å². The normalized spacial score (nSPS) is 15.3. The summed E-state index contributed by atoms with van der Waals surface area (Å²) in [6.45, 7) is 4.47. The molecule has 1 aliphatic rings. The number of carbonyl (C=O) groups is 2. The minimum Gasteiger partial charge on any atom is -0.357 e. The smallest absolute Gasteiger partial charge is 0.220 e. The Labute approximate surface area is 137 Å². The molecule has 0 unspecified atom stereocenters. The molecule has 2 rings (SSSR count). The molecule has 0 bridgehead atoms. The van der Waals surface area contributed by atoms with Gasteiger partial charge in [-0.3, -0.25) is 9.59 Å². The van der Waals surface area contributed by atoms with Crippen molar-refractivity contribution in [3.8, 4) is 0 Å². The second-order valence-corrected chi connectivity index (χ2v) is 5.99. The van der Waals surface area contributed by atoms with Crippen LogP contribution >= 0.6 is 0 Å². The van der Waals surface area contributed by atoms with Crippen LogP contribution in [0.15, 0.2) is 24.4 Å². The topological polar surface area (TPSA) is 74.3 Å². The zero-order valence-corrected chi connectivity index (χ0v) is 13.8. The monoisotopic (exact) mass is 318 g/mol. The maximum absolute atomic E-state index is 11.8. The molecule has 1 saturated heterocycles. The Balaban J connectivity index is 1.59. The van der Waals surface area contributed by atoms with E-state index in [-0.39, 0.29) is 11.8 Å². The highest BCUT2D eigenvalue weighted by Gasteiger charge is 2.20. The first-order chi connectivity index (χ1) is 11.1. The zero-order chi connectivity index (χ0) is 16.5. The summed E-state index contributed by atoms with van der Waals surface area (Å²) in [5.41, 5.74) is 0. The van der Waals surface area contributed by atoms with Crippen LogP contribution in [0.3, 0.4) is 0 Å². The highest BCUT2D eigenvalue weighted by Crippen LogP contribution is 2.24. The van der Waals surface area contributed by atoms with Gasteiger partial charge >= 0.3 is 0 Å². The Morgan fingerprint density at radius 3 is 2.61 bits per heavy atom. The van der Waals surface area contributed by atoms with Crippen LogP contribution < -0.4 is 15.5 Å². The van der Waals surface area contributed by atoms with E-state index in [9.17, 15) is 9.59 Å². The van der Waals surface area contributed by atoms with Crippen molar-refractivity contribution in [1.82, 2.24) is 15.6 Å². The van der Waals surface area contributed by atoms with Gasteiger partial charge in [0, 0.05) is 45.7 Å². The highest BCUT2D eigenvalue weighted by molar-refractivity contribution is 5.76. The maximum Gasteiger partial charge on any atom is 0.220 e. The van der Waals surface area contributed by atoms with Crippen LogP contribution in [0.5, 0.6) is 0 Å². The number of nitrogens with zero attached hydrogens (tertiary/aromatic N) is 2. The molecule has 0 aliphatic carbocycles. The number of piperidine rings is 1. The number of aromatic nitrogens is 1. The van der Waals surface area contributed by atoms with Crippen LogP contribution in [-0.4, -0.2) is 43.0 Å². The van der Waals surface area contributed by atoms with Gasteiger partial charge in [0.05, 0.1) is 0 Å². The lowest BCUT2D eigenvalue weighted by molar-refractivity contribution is -0.122. The Morgan fingerprint density at radius 2 is 1.96 bits per heavy atom. The summed E-state index contributed by atoms with van der Waals surface area (Å²) in [6.07, 6.45) is 5.54. The molecule has 23 heavy (non-hydrogen) atoms. The van der Waals surface area contributed by atoms with Crippen LogP contribution in [-0.2, 0) is 9.59 Å². The standard InChI is InChI=1S/C17H26N4O2/c1-14(22)18-10-11-20-17(23)6-5-15-7-12-21(13-8-15)16-4-2-3-9-19-16/h2-4,9,15H,5-8,10-13H2,1H3,(H,18,22)(H,20,23). The average Bonchev–Trinajstić information content (AvgIpc) is 2.58. The van der Waals surface area contributed by atoms with Gasteiger partial charge in [-0.1, -0.05) is 6.07 Å². The zero-order valence-electron chi connectivity index (χ0n) is 13.8. The van der Waals surface area contributed by atoms with Gasteiger partial charge in [0.1, 0.15) is 5.82 Å². The summed E-state index contributed by atoms with van der Waals surface area (Å²) in [6, 6.07) is 5.99. The van der Waals surface area contributed by atoms with Crippen molar-refractivity contribution in [2.75, 3.05) is 31.1 Å². The minimum atomic E-state index is -0.0704. The van der Waals surface area contributed by atoms with Gasteiger partial charge in [-0.25, -0.2) is 4.98 Å². The fourth-order valence-corrected chi connectivity index (χ4v) is 2.86. The van der Waals surface area contributed by atoms with Crippen molar-refractivity contribution in [3.63, 3.8) is 0 Å². The molecular formula is C17H26N4O2. The molecule has 1 aromatic rings. The number of nitrogens with one attached hydrogen (secondary N) is 2. The van der Waals surface area contributed by atoms with E-state index in [2.05, 4.69) is 20.5 Å². The molecule has 2 N–H and O–H groups in total. The lowest BCUT2D eigenvalue weighted by Crippen LogP contribution is -2.35. The van der Waals surface area contributed by atoms with E-state index < -0.39 is 0 Å². The van der Waals surface area contributed by atoms with Gasteiger partial charge in [0.2, 0.25) is 11.8 Å². The number of amides is 2. The molecule has 1 aromatic heterocycles. The quantitative estimate of drug-likeness (QED) is 0.744. The van der Waals surface area contributed by atoms with E-state index in [0.29, 0.717) is 25.4 Å². The summed E-state index contributed by atoms with van der Waals surface area (Å²) in [5, 5.41) is 5.50. The van der Waals surface area contributed by atoms with Crippen LogP contribution in [0.4, 0.5) is 5.82 Å². The summed E-state index contributed by atoms with van der Waals surface area (Å²) < 4.78 is 0. The van der Waals surface area contributed by atoms with E-state index in [4.69, 9.17) is 0 Å². The van der Waals surface area contributed by atoms with Crippen LogP contribution in [0.2, 0.25) is 0 Å². The van der Waals surface area contributed by atoms with Crippen LogP contribution in [0, 0.1) is 5.92 Å². The van der Waals surface area contributed by atoms with E-state index >= 15 is 0 Å². The first-order valence-electron chi connectivity index (χ1n) is 8.32. The molecule has 0 saturated carbocycles.